The van der Waals surface area contributed by atoms with E-state index in [0.717, 1.165) is 17.7 Å². The van der Waals surface area contributed by atoms with Crippen LogP contribution < -0.4 is 9.62 Å². The Labute approximate surface area is 171 Å². The first-order valence-corrected chi connectivity index (χ1v) is 10.9. The van der Waals surface area contributed by atoms with Crippen LogP contribution in [-0.4, -0.2) is 20.9 Å². The van der Waals surface area contributed by atoms with Gasteiger partial charge in [0, 0.05) is 23.5 Å². The SMILES string of the molecule is Cc1ccc(C)c(S(=O)(=O)Nc2ccc(C(=O)N3CCc4ccccc43)cc2)c1. The van der Waals surface area contributed by atoms with Gasteiger partial charge in [0.25, 0.3) is 15.9 Å². The normalized spacial score (nSPS) is 13.2. The Hall–Kier alpha value is -3.12. The first-order valence-electron chi connectivity index (χ1n) is 9.45. The van der Waals surface area contributed by atoms with Gasteiger partial charge in [-0.2, -0.15) is 0 Å². The van der Waals surface area contributed by atoms with Gasteiger partial charge in [-0.3, -0.25) is 9.52 Å². The molecule has 1 heterocycles. The standard InChI is InChI=1S/C23H22N2O3S/c1-16-7-8-17(2)22(15-16)29(27,28)24-20-11-9-19(10-12-20)23(26)25-14-13-18-5-3-4-6-21(18)25/h3-12,15,24H,13-14H2,1-2H3. The van der Waals surface area contributed by atoms with E-state index < -0.39 is 10.0 Å². The molecule has 6 heteroatoms. The minimum atomic E-state index is -3.70. The van der Waals surface area contributed by atoms with Crippen molar-refractivity contribution in [1.82, 2.24) is 0 Å². The molecule has 1 aliphatic rings. The molecule has 3 aromatic carbocycles. The molecule has 0 aliphatic carbocycles. The third-order valence-electron chi connectivity index (χ3n) is 5.15. The zero-order valence-electron chi connectivity index (χ0n) is 16.3. The fourth-order valence-corrected chi connectivity index (χ4v) is 4.98. The molecule has 0 fully saturated rings. The summed E-state index contributed by atoms with van der Waals surface area (Å²) in [6.07, 6.45) is 0.843. The van der Waals surface area contributed by atoms with Gasteiger partial charge in [0.05, 0.1) is 4.90 Å². The zero-order valence-corrected chi connectivity index (χ0v) is 17.2. The second-order valence-corrected chi connectivity index (χ2v) is 8.94. The average molecular weight is 407 g/mol. The largest absolute Gasteiger partial charge is 0.308 e. The van der Waals surface area contributed by atoms with Gasteiger partial charge in [-0.15, -0.1) is 0 Å². The maximum absolute atomic E-state index is 12.9. The number of carbonyl (C=O) groups is 1. The maximum atomic E-state index is 12.9. The summed E-state index contributed by atoms with van der Waals surface area (Å²) in [5.74, 6) is -0.0844. The number of sulfonamides is 1. The van der Waals surface area contributed by atoms with Crippen LogP contribution in [0.3, 0.4) is 0 Å². The third kappa shape index (κ3) is 3.76. The smallest absolute Gasteiger partial charge is 0.262 e. The van der Waals surface area contributed by atoms with Gasteiger partial charge in [0.1, 0.15) is 0 Å². The molecule has 0 spiro atoms. The van der Waals surface area contributed by atoms with Crippen molar-refractivity contribution in [2.75, 3.05) is 16.2 Å². The molecule has 0 saturated carbocycles. The number of hydrogen-bond donors (Lipinski definition) is 1. The number of para-hydroxylation sites is 1. The van der Waals surface area contributed by atoms with E-state index in [9.17, 15) is 13.2 Å². The summed E-state index contributed by atoms with van der Waals surface area (Å²) < 4.78 is 28.1. The van der Waals surface area contributed by atoms with Crippen LogP contribution in [-0.2, 0) is 16.4 Å². The molecular formula is C23H22N2O3S. The number of fused-ring (bicyclic) bond motifs is 1. The Morgan fingerprint density at radius 2 is 1.69 bits per heavy atom. The Balaban J connectivity index is 1.54. The number of nitrogens with one attached hydrogen (secondary N) is 1. The van der Waals surface area contributed by atoms with Crippen LogP contribution in [0.15, 0.2) is 71.6 Å². The molecule has 3 aromatic rings. The number of anilines is 2. The third-order valence-corrected chi connectivity index (χ3v) is 6.67. The Morgan fingerprint density at radius 1 is 0.966 bits per heavy atom. The molecule has 0 aromatic heterocycles. The van der Waals surface area contributed by atoms with E-state index in [1.165, 1.54) is 5.56 Å². The summed E-state index contributed by atoms with van der Waals surface area (Å²) in [7, 11) is -3.70. The monoisotopic (exact) mass is 406 g/mol. The number of amides is 1. The van der Waals surface area contributed by atoms with Crippen LogP contribution in [0.5, 0.6) is 0 Å². The Bertz CT molecular complexity index is 1180. The van der Waals surface area contributed by atoms with Gasteiger partial charge in [0.2, 0.25) is 0 Å². The fraction of sp³-hybridized carbons (Fsp3) is 0.174. The van der Waals surface area contributed by atoms with E-state index >= 15 is 0 Å². The van der Waals surface area contributed by atoms with Crippen LogP contribution >= 0.6 is 0 Å². The van der Waals surface area contributed by atoms with Crippen molar-refractivity contribution in [2.24, 2.45) is 0 Å². The maximum Gasteiger partial charge on any atom is 0.262 e. The summed E-state index contributed by atoms with van der Waals surface area (Å²) in [4.78, 5) is 14.9. The number of carbonyl (C=O) groups excluding carboxylic acids is 1. The first-order chi connectivity index (χ1) is 13.8. The van der Waals surface area contributed by atoms with Gasteiger partial charge in [0.15, 0.2) is 0 Å². The van der Waals surface area contributed by atoms with Crippen molar-refractivity contribution >= 4 is 27.3 Å². The van der Waals surface area contributed by atoms with Crippen molar-refractivity contribution in [2.45, 2.75) is 25.2 Å². The topological polar surface area (TPSA) is 66.5 Å². The van der Waals surface area contributed by atoms with Gasteiger partial charge < -0.3 is 4.90 Å². The first kappa shape index (κ1) is 19.2. The Kier molecular flexibility index (Phi) is 4.88. The minimum Gasteiger partial charge on any atom is -0.308 e. The summed E-state index contributed by atoms with van der Waals surface area (Å²) in [5, 5.41) is 0. The predicted molar refractivity (Wildman–Crippen MR) is 115 cm³/mol. The fourth-order valence-electron chi connectivity index (χ4n) is 3.59. The Morgan fingerprint density at radius 3 is 2.45 bits per heavy atom. The molecular weight excluding hydrogens is 384 g/mol. The van der Waals surface area contributed by atoms with Gasteiger partial charge >= 0.3 is 0 Å². The van der Waals surface area contributed by atoms with Crippen LogP contribution in [0.1, 0.15) is 27.0 Å². The lowest BCUT2D eigenvalue weighted by atomic mass is 10.1. The number of nitrogens with zero attached hydrogens (tertiary/aromatic N) is 1. The second-order valence-electron chi connectivity index (χ2n) is 7.29. The van der Waals surface area contributed by atoms with Crippen molar-refractivity contribution in [1.29, 1.82) is 0 Å². The summed E-state index contributed by atoms with van der Waals surface area (Å²) in [5.41, 5.74) is 4.61. The quantitative estimate of drug-likeness (QED) is 0.702. The van der Waals surface area contributed by atoms with Gasteiger partial charge in [-0.1, -0.05) is 30.3 Å². The molecule has 1 amide bonds. The number of hydrogen-bond acceptors (Lipinski definition) is 3. The van der Waals surface area contributed by atoms with Crippen molar-refractivity contribution in [3.8, 4) is 0 Å². The van der Waals surface area contributed by atoms with Crippen molar-refractivity contribution in [3.05, 3.63) is 89.0 Å². The summed E-state index contributed by atoms with van der Waals surface area (Å²) >= 11 is 0. The molecule has 1 N–H and O–H groups in total. The molecule has 0 unspecified atom stereocenters. The summed E-state index contributed by atoms with van der Waals surface area (Å²) in [6, 6.07) is 19.8. The average Bonchev–Trinajstić information content (AvgIpc) is 3.13. The molecule has 0 bridgehead atoms. The molecule has 0 saturated heterocycles. The van der Waals surface area contributed by atoms with E-state index in [2.05, 4.69) is 4.72 Å². The molecule has 0 radical (unpaired) electrons. The van der Waals surface area contributed by atoms with Crippen LogP contribution in [0.2, 0.25) is 0 Å². The van der Waals surface area contributed by atoms with E-state index in [-0.39, 0.29) is 10.8 Å². The van der Waals surface area contributed by atoms with E-state index in [0.29, 0.717) is 23.4 Å². The van der Waals surface area contributed by atoms with Gasteiger partial charge in [-0.25, -0.2) is 8.42 Å². The second kappa shape index (κ2) is 7.37. The highest BCUT2D eigenvalue weighted by Gasteiger charge is 2.25. The molecule has 1 aliphatic heterocycles. The summed E-state index contributed by atoms with van der Waals surface area (Å²) in [6.45, 7) is 4.28. The lowest BCUT2D eigenvalue weighted by Crippen LogP contribution is -2.28. The van der Waals surface area contributed by atoms with Crippen molar-refractivity contribution < 1.29 is 13.2 Å². The lowest BCUT2D eigenvalue weighted by molar-refractivity contribution is 0.0989. The van der Waals surface area contributed by atoms with E-state index in [1.54, 1.807) is 48.2 Å². The number of aryl methyl sites for hydroxylation is 2. The van der Waals surface area contributed by atoms with Crippen LogP contribution in [0.4, 0.5) is 11.4 Å². The van der Waals surface area contributed by atoms with Crippen LogP contribution in [0.25, 0.3) is 0 Å². The van der Waals surface area contributed by atoms with Crippen LogP contribution in [0, 0.1) is 13.8 Å². The highest BCUT2D eigenvalue weighted by molar-refractivity contribution is 7.92. The highest BCUT2D eigenvalue weighted by atomic mass is 32.2. The number of benzene rings is 3. The zero-order chi connectivity index (χ0) is 20.6. The van der Waals surface area contributed by atoms with E-state index in [1.807, 2.05) is 37.3 Å². The molecule has 5 nitrogen and oxygen atoms in total. The minimum absolute atomic E-state index is 0.0844. The van der Waals surface area contributed by atoms with E-state index in [4.69, 9.17) is 0 Å². The molecule has 148 valence electrons. The highest BCUT2D eigenvalue weighted by Crippen LogP contribution is 2.29. The number of rotatable bonds is 4. The lowest BCUT2D eigenvalue weighted by Gasteiger charge is -2.17. The molecule has 4 rings (SSSR count). The van der Waals surface area contributed by atoms with Crippen molar-refractivity contribution in [3.63, 3.8) is 0 Å². The molecule has 0 atom stereocenters. The molecule has 29 heavy (non-hydrogen) atoms. The predicted octanol–water partition coefficient (Wildman–Crippen LogP) is 4.31. The van der Waals surface area contributed by atoms with Gasteiger partial charge in [-0.05, 0) is 73.4 Å².